The molecular formula is C10H16N4O2. The third-order valence-electron chi connectivity index (χ3n) is 2.56. The van der Waals surface area contributed by atoms with Crippen LogP contribution in [0.3, 0.4) is 0 Å². The van der Waals surface area contributed by atoms with Crippen molar-refractivity contribution in [1.82, 2.24) is 19.7 Å². The second-order valence-corrected chi connectivity index (χ2v) is 4.22. The number of carbonyl (C=O) groups excluding carboxylic acids is 1. The lowest BCUT2D eigenvalue weighted by Gasteiger charge is -2.15. The zero-order valence-electron chi connectivity index (χ0n) is 9.59. The highest BCUT2D eigenvalue weighted by atomic mass is 16.5. The molecule has 1 heterocycles. The van der Waals surface area contributed by atoms with E-state index in [-0.39, 0.29) is 5.82 Å². The van der Waals surface area contributed by atoms with Crippen LogP contribution in [0.15, 0.2) is 6.33 Å². The Balaban J connectivity index is 1.88. The number of carbonyl (C=O) groups is 1. The summed E-state index contributed by atoms with van der Waals surface area (Å²) in [5, 5.41) is 4.04. The second-order valence-electron chi connectivity index (χ2n) is 4.22. The Morgan fingerprint density at radius 2 is 2.44 bits per heavy atom. The highest BCUT2D eigenvalue weighted by Crippen LogP contribution is 2.29. The quantitative estimate of drug-likeness (QED) is 0.676. The van der Waals surface area contributed by atoms with Crippen molar-refractivity contribution < 1.29 is 9.53 Å². The minimum Gasteiger partial charge on any atom is -0.463 e. The van der Waals surface area contributed by atoms with Crippen LogP contribution in [0.1, 0.15) is 23.5 Å². The Labute approximate surface area is 94.2 Å². The van der Waals surface area contributed by atoms with Gasteiger partial charge in [0.25, 0.3) is 5.82 Å². The van der Waals surface area contributed by atoms with Gasteiger partial charge in [-0.2, -0.15) is 0 Å². The van der Waals surface area contributed by atoms with Crippen molar-refractivity contribution in [1.29, 1.82) is 0 Å². The first-order chi connectivity index (χ1) is 7.69. The fourth-order valence-corrected chi connectivity index (χ4v) is 1.59. The first kappa shape index (κ1) is 11.1. The van der Waals surface area contributed by atoms with Crippen LogP contribution in [0, 0.1) is 5.92 Å². The SMILES string of the molecule is COC(=O)c1ncn(CN(C)CC2CC2)n1. The summed E-state index contributed by atoms with van der Waals surface area (Å²) < 4.78 is 6.19. The molecular weight excluding hydrogens is 208 g/mol. The molecule has 0 unspecified atom stereocenters. The second kappa shape index (κ2) is 4.61. The third-order valence-corrected chi connectivity index (χ3v) is 2.56. The van der Waals surface area contributed by atoms with E-state index in [1.807, 2.05) is 7.05 Å². The lowest BCUT2D eigenvalue weighted by atomic mass is 10.4. The van der Waals surface area contributed by atoms with Crippen molar-refractivity contribution in [3.63, 3.8) is 0 Å². The van der Waals surface area contributed by atoms with Gasteiger partial charge < -0.3 is 4.74 Å². The van der Waals surface area contributed by atoms with Gasteiger partial charge in [0.1, 0.15) is 6.33 Å². The van der Waals surface area contributed by atoms with Crippen molar-refractivity contribution in [3.05, 3.63) is 12.2 Å². The van der Waals surface area contributed by atoms with Crippen molar-refractivity contribution in [2.24, 2.45) is 5.92 Å². The number of methoxy groups -OCH3 is 1. The van der Waals surface area contributed by atoms with E-state index in [9.17, 15) is 4.79 Å². The minimum absolute atomic E-state index is 0.113. The van der Waals surface area contributed by atoms with Gasteiger partial charge in [-0.15, -0.1) is 5.10 Å². The molecule has 0 saturated heterocycles. The van der Waals surface area contributed by atoms with Crippen LogP contribution in [0.5, 0.6) is 0 Å². The summed E-state index contributed by atoms with van der Waals surface area (Å²) >= 11 is 0. The van der Waals surface area contributed by atoms with Gasteiger partial charge >= 0.3 is 5.97 Å². The molecule has 1 aromatic rings. The van der Waals surface area contributed by atoms with Crippen LogP contribution in [0.4, 0.5) is 0 Å². The van der Waals surface area contributed by atoms with E-state index in [2.05, 4.69) is 19.7 Å². The number of esters is 1. The van der Waals surface area contributed by atoms with E-state index >= 15 is 0 Å². The zero-order chi connectivity index (χ0) is 11.5. The Hall–Kier alpha value is -1.43. The van der Waals surface area contributed by atoms with E-state index < -0.39 is 5.97 Å². The van der Waals surface area contributed by atoms with E-state index in [4.69, 9.17) is 0 Å². The number of aromatic nitrogens is 3. The minimum atomic E-state index is -0.497. The maximum absolute atomic E-state index is 11.1. The van der Waals surface area contributed by atoms with Crippen molar-refractivity contribution in [3.8, 4) is 0 Å². The van der Waals surface area contributed by atoms with Crippen LogP contribution in [-0.2, 0) is 11.4 Å². The fraction of sp³-hybridized carbons (Fsp3) is 0.700. The number of nitrogens with zero attached hydrogens (tertiary/aromatic N) is 4. The predicted octanol–water partition coefficient (Wildman–Crippen LogP) is 0.364. The maximum atomic E-state index is 11.1. The van der Waals surface area contributed by atoms with Crippen LogP contribution >= 0.6 is 0 Å². The molecule has 1 aliphatic carbocycles. The molecule has 0 N–H and O–H groups in total. The number of ether oxygens (including phenoxy) is 1. The molecule has 16 heavy (non-hydrogen) atoms. The smallest absolute Gasteiger partial charge is 0.377 e. The van der Waals surface area contributed by atoms with E-state index in [1.54, 1.807) is 11.0 Å². The van der Waals surface area contributed by atoms with Crippen molar-refractivity contribution >= 4 is 5.97 Å². The Bertz CT molecular complexity index is 373. The van der Waals surface area contributed by atoms with Crippen LogP contribution in [-0.4, -0.2) is 46.3 Å². The standard InChI is InChI=1S/C10H16N4O2/c1-13(5-8-3-4-8)7-14-6-11-9(12-14)10(15)16-2/h6,8H,3-5,7H2,1-2H3. The van der Waals surface area contributed by atoms with Crippen molar-refractivity contribution in [2.75, 3.05) is 20.7 Å². The highest BCUT2D eigenvalue weighted by Gasteiger charge is 2.23. The first-order valence-corrected chi connectivity index (χ1v) is 5.35. The largest absolute Gasteiger partial charge is 0.463 e. The molecule has 0 spiro atoms. The Kier molecular flexibility index (Phi) is 3.19. The van der Waals surface area contributed by atoms with Gasteiger partial charge in [-0.25, -0.2) is 14.5 Å². The van der Waals surface area contributed by atoms with E-state index in [0.29, 0.717) is 6.67 Å². The molecule has 1 aromatic heterocycles. The lowest BCUT2D eigenvalue weighted by Crippen LogP contribution is -2.24. The summed E-state index contributed by atoms with van der Waals surface area (Å²) in [6, 6.07) is 0. The summed E-state index contributed by atoms with van der Waals surface area (Å²) in [5.74, 6) is 0.458. The molecule has 6 heteroatoms. The average molecular weight is 224 g/mol. The number of hydrogen-bond donors (Lipinski definition) is 0. The molecule has 88 valence electrons. The lowest BCUT2D eigenvalue weighted by molar-refractivity contribution is 0.0585. The number of rotatable bonds is 5. The van der Waals surface area contributed by atoms with E-state index in [0.717, 1.165) is 12.5 Å². The van der Waals surface area contributed by atoms with E-state index in [1.165, 1.54) is 20.0 Å². The van der Waals surface area contributed by atoms with Gasteiger partial charge in [-0.3, -0.25) is 4.90 Å². The molecule has 2 rings (SSSR count). The first-order valence-electron chi connectivity index (χ1n) is 5.35. The molecule has 0 amide bonds. The molecule has 0 bridgehead atoms. The molecule has 1 saturated carbocycles. The maximum Gasteiger partial charge on any atom is 0.377 e. The molecule has 1 fully saturated rings. The average Bonchev–Trinajstić information content (AvgIpc) is 2.94. The summed E-state index contributed by atoms with van der Waals surface area (Å²) in [5.41, 5.74) is 0. The van der Waals surface area contributed by atoms with Gasteiger partial charge in [0.15, 0.2) is 0 Å². The highest BCUT2D eigenvalue weighted by molar-refractivity contribution is 5.84. The molecule has 0 aromatic carbocycles. The van der Waals surface area contributed by atoms with Gasteiger partial charge in [0.05, 0.1) is 13.8 Å². The summed E-state index contributed by atoms with van der Waals surface area (Å²) in [6.45, 7) is 1.73. The summed E-state index contributed by atoms with van der Waals surface area (Å²) in [4.78, 5) is 17.2. The summed E-state index contributed by atoms with van der Waals surface area (Å²) in [7, 11) is 3.36. The van der Waals surface area contributed by atoms with Crippen LogP contribution < -0.4 is 0 Å². The van der Waals surface area contributed by atoms with Gasteiger partial charge in [-0.05, 0) is 25.8 Å². The molecule has 1 aliphatic rings. The molecule has 0 aliphatic heterocycles. The number of hydrogen-bond acceptors (Lipinski definition) is 5. The Morgan fingerprint density at radius 1 is 1.69 bits per heavy atom. The monoisotopic (exact) mass is 224 g/mol. The van der Waals surface area contributed by atoms with Crippen LogP contribution in [0.2, 0.25) is 0 Å². The fourth-order valence-electron chi connectivity index (χ4n) is 1.59. The third kappa shape index (κ3) is 2.79. The van der Waals surface area contributed by atoms with Gasteiger partial charge in [0, 0.05) is 6.54 Å². The molecule has 6 nitrogen and oxygen atoms in total. The molecule has 0 radical (unpaired) electrons. The van der Waals surface area contributed by atoms with Crippen LogP contribution in [0.25, 0.3) is 0 Å². The summed E-state index contributed by atoms with van der Waals surface area (Å²) in [6.07, 6.45) is 4.21. The predicted molar refractivity (Wildman–Crippen MR) is 56.7 cm³/mol. The van der Waals surface area contributed by atoms with Gasteiger partial charge in [0.2, 0.25) is 0 Å². The normalized spacial score (nSPS) is 15.4. The topological polar surface area (TPSA) is 60.2 Å². The Morgan fingerprint density at radius 3 is 3.06 bits per heavy atom. The van der Waals surface area contributed by atoms with Gasteiger partial charge in [-0.1, -0.05) is 0 Å². The zero-order valence-corrected chi connectivity index (χ0v) is 9.59. The molecule has 0 atom stereocenters. The van der Waals surface area contributed by atoms with Crippen molar-refractivity contribution in [2.45, 2.75) is 19.5 Å².